The summed E-state index contributed by atoms with van der Waals surface area (Å²) in [7, 11) is 0. The first kappa shape index (κ1) is 22.7. The maximum atomic E-state index is 13.4. The number of Topliss-reactive ketones (excluding diaryl/α,β-unsaturated/α-hetero) is 1. The molecule has 166 valence electrons. The maximum Gasteiger partial charge on any atom is 0.306 e. The molecule has 30 heavy (non-hydrogen) atoms. The first-order valence-electron chi connectivity index (χ1n) is 11.4. The summed E-state index contributed by atoms with van der Waals surface area (Å²) >= 11 is 6.81. The molecule has 6 atom stereocenters. The molecule has 0 aromatic heterocycles. The van der Waals surface area contributed by atoms with Gasteiger partial charge in [0.2, 0.25) is 5.78 Å². The van der Waals surface area contributed by atoms with Crippen molar-refractivity contribution in [3.63, 3.8) is 0 Å². The predicted molar refractivity (Wildman–Crippen MR) is 122 cm³/mol. The molecular weight excluding hydrogens is 512 g/mol. The maximum absolute atomic E-state index is 13.4. The second-order valence-electron chi connectivity index (χ2n) is 10.3. The Morgan fingerprint density at radius 2 is 1.80 bits per heavy atom. The zero-order valence-electron chi connectivity index (χ0n) is 18.1. The average Bonchev–Trinajstić information content (AvgIpc) is 3.00. The van der Waals surface area contributed by atoms with Crippen molar-refractivity contribution >= 4 is 49.4 Å². The van der Waals surface area contributed by atoms with Gasteiger partial charge in [0, 0.05) is 18.3 Å². The molecule has 0 N–H and O–H groups in total. The third-order valence-corrected chi connectivity index (χ3v) is 10.1. The van der Waals surface area contributed by atoms with Crippen molar-refractivity contribution < 1.29 is 19.1 Å². The number of esters is 1. The number of hydrogen-bond acceptors (Lipinski definition) is 4. The second kappa shape index (κ2) is 7.83. The van der Waals surface area contributed by atoms with Crippen LogP contribution in [0.15, 0.2) is 11.6 Å². The van der Waals surface area contributed by atoms with E-state index < -0.39 is 9.34 Å². The Morgan fingerprint density at radius 3 is 2.47 bits per heavy atom. The van der Waals surface area contributed by atoms with Gasteiger partial charge in [0.1, 0.15) is 3.74 Å². The normalized spacial score (nSPS) is 42.8. The van der Waals surface area contributed by atoms with E-state index in [0.717, 1.165) is 38.5 Å². The Hall–Kier alpha value is -0.490. The molecule has 3 saturated carbocycles. The molecule has 0 aliphatic heterocycles. The molecule has 0 unspecified atom stereocenters. The Balaban J connectivity index is 1.71. The first-order chi connectivity index (χ1) is 14.1. The van der Waals surface area contributed by atoms with Crippen LogP contribution in [0.5, 0.6) is 0 Å². The molecule has 4 rings (SSSR count). The highest BCUT2D eigenvalue weighted by atomic mass is 79.9. The van der Waals surface area contributed by atoms with Crippen molar-refractivity contribution in [1.82, 2.24) is 0 Å². The quantitative estimate of drug-likeness (QED) is 0.327. The summed E-state index contributed by atoms with van der Waals surface area (Å²) in [6.45, 7) is 6.34. The molecule has 6 heteroatoms. The summed E-state index contributed by atoms with van der Waals surface area (Å²) in [6.07, 6.45) is 9.27. The van der Waals surface area contributed by atoms with E-state index in [-0.39, 0.29) is 34.8 Å². The summed E-state index contributed by atoms with van der Waals surface area (Å²) in [5, 5.41) is 0. The van der Waals surface area contributed by atoms with Crippen LogP contribution in [-0.2, 0) is 19.1 Å². The number of alkyl halides is 2. The minimum absolute atomic E-state index is 0.0568. The van der Waals surface area contributed by atoms with Gasteiger partial charge in [-0.25, -0.2) is 0 Å². The molecule has 0 heterocycles. The van der Waals surface area contributed by atoms with E-state index in [1.54, 1.807) is 6.92 Å². The zero-order chi connectivity index (χ0) is 21.9. The van der Waals surface area contributed by atoms with Gasteiger partial charge >= 0.3 is 5.97 Å². The van der Waals surface area contributed by atoms with Crippen LogP contribution in [0, 0.1) is 28.6 Å². The van der Waals surface area contributed by atoms with Gasteiger partial charge in [-0.3, -0.25) is 14.4 Å². The molecule has 0 radical (unpaired) electrons. The number of allylic oxidation sites excluding steroid dienone is 1. The highest BCUT2D eigenvalue weighted by molar-refractivity contribution is 9.25. The molecule has 0 spiro atoms. The van der Waals surface area contributed by atoms with Crippen molar-refractivity contribution in [3.05, 3.63) is 11.6 Å². The first-order valence-corrected chi connectivity index (χ1v) is 13.2. The third kappa shape index (κ3) is 3.14. The molecule has 0 aromatic carbocycles. The van der Waals surface area contributed by atoms with Crippen LogP contribution in [0.25, 0.3) is 0 Å². The van der Waals surface area contributed by atoms with E-state index >= 15 is 0 Å². The third-order valence-electron chi connectivity index (χ3n) is 9.25. The van der Waals surface area contributed by atoms with Crippen LogP contribution in [0.3, 0.4) is 0 Å². The van der Waals surface area contributed by atoms with Crippen molar-refractivity contribution in [3.8, 4) is 0 Å². The van der Waals surface area contributed by atoms with Gasteiger partial charge in [-0.1, -0.05) is 58.2 Å². The van der Waals surface area contributed by atoms with Gasteiger partial charge in [-0.05, 0) is 74.2 Å². The number of carbonyl (C=O) groups excluding carboxylic acids is 3. The highest BCUT2D eigenvalue weighted by Gasteiger charge is 2.69. The number of rotatable bonds is 4. The topological polar surface area (TPSA) is 60.4 Å². The van der Waals surface area contributed by atoms with Gasteiger partial charge in [-0.2, -0.15) is 0 Å². The second-order valence-corrected chi connectivity index (χ2v) is 13.3. The van der Waals surface area contributed by atoms with Crippen LogP contribution >= 0.6 is 31.9 Å². The number of fused-ring (bicyclic) bond motifs is 5. The Labute approximate surface area is 196 Å². The number of halogens is 2. The number of ether oxygens (including phenoxy) is 1. The zero-order valence-corrected chi connectivity index (χ0v) is 21.3. The molecule has 4 nitrogen and oxygen atoms in total. The standard InChI is InChI=1S/C24H32Br2O4/c1-4-19(28)30-24(20(29)21(25)26)12-9-18-16-6-5-14-13-15(27)7-10-22(14,2)17(16)8-11-23(18,24)3/h13,16-18,21H,4-12H2,1-3H3/t16-,17+,18+,22+,23+,24+/m1/s1. The Morgan fingerprint density at radius 1 is 1.10 bits per heavy atom. The number of ketones is 2. The summed E-state index contributed by atoms with van der Waals surface area (Å²) < 4.78 is 5.54. The van der Waals surface area contributed by atoms with Crippen LogP contribution in [0.4, 0.5) is 0 Å². The van der Waals surface area contributed by atoms with Crippen molar-refractivity contribution in [2.24, 2.45) is 28.6 Å². The van der Waals surface area contributed by atoms with E-state index in [1.807, 2.05) is 6.08 Å². The monoisotopic (exact) mass is 542 g/mol. The minimum Gasteiger partial charge on any atom is -0.450 e. The van der Waals surface area contributed by atoms with E-state index in [0.29, 0.717) is 30.6 Å². The van der Waals surface area contributed by atoms with E-state index in [4.69, 9.17) is 4.74 Å². The lowest BCUT2D eigenvalue weighted by atomic mass is 9.46. The summed E-state index contributed by atoms with van der Waals surface area (Å²) in [5.74, 6) is 1.34. The van der Waals surface area contributed by atoms with Crippen LogP contribution < -0.4 is 0 Å². The van der Waals surface area contributed by atoms with Gasteiger partial charge in [-0.15, -0.1) is 0 Å². The van der Waals surface area contributed by atoms with Gasteiger partial charge in [0.25, 0.3) is 0 Å². The fourth-order valence-corrected chi connectivity index (χ4v) is 8.36. The number of carbonyl (C=O) groups is 3. The molecule has 0 saturated heterocycles. The van der Waals surface area contributed by atoms with Crippen LogP contribution in [0.1, 0.15) is 78.6 Å². The van der Waals surface area contributed by atoms with Gasteiger partial charge < -0.3 is 4.74 Å². The molecule has 4 aliphatic carbocycles. The lowest BCUT2D eigenvalue weighted by molar-refractivity contribution is -0.188. The largest absolute Gasteiger partial charge is 0.450 e. The van der Waals surface area contributed by atoms with Gasteiger partial charge in [0.15, 0.2) is 11.4 Å². The summed E-state index contributed by atoms with van der Waals surface area (Å²) in [6, 6.07) is 0. The van der Waals surface area contributed by atoms with E-state index in [1.165, 1.54) is 5.57 Å². The van der Waals surface area contributed by atoms with Crippen LogP contribution in [0.2, 0.25) is 0 Å². The number of hydrogen-bond donors (Lipinski definition) is 0. The summed E-state index contributed by atoms with van der Waals surface area (Å²) in [4.78, 5) is 37.9. The van der Waals surface area contributed by atoms with Crippen molar-refractivity contribution in [2.45, 2.75) is 87.9 Å². The molecule has 0 bridgehead atoms. The highest BCUT2D eigenvalue weighted by Crippen LogP contribution is 2.68. The smallest absolute Gasteiger partial charge is 0.306 e. The molecular formula is C24H32Br2O4. The van der Waals surface area contributed by atoms with Crippen molar-refractivity contribution in [1.29, 1.82) is 0 Å². The lowest BCUT2D eigenvalue weighted by Crippen LogP contribution is -2.60. The fourth-order valence-electron chi connectivity index (χ4n) is 7.62. The fraction of sp³-hybridized carbons (Fsp3) is 0.792. The SMILES string of the molecule is CCC(=O)O[C@]1(C(=O)C(Br)Br)CC[C@H]2[C@@H]3CCC4=CC(=O)CC[C@]4(C)[C@H]3CC[C@@]21C. The summed E-state index contributed by atoms with van der Waals surface area (Å²) in [5.41, 5.74) is 0.0357. The van der Waals surface area contributed by atoms with E-state index in [2.05, 4.69) is 45.7 Å². The Kier molecular flexibility index (Phi) is 5.92. The average molecular weight is 544 g/mol. The molecule has 3 fully saturated rings. The van der Waals surface area contributed by atoms with Crippen LogP contribution in [-0.4, -0.2) is 26.9 Å². The Bertz CT molecular complexity index is 805. The van der Waals surface area contributed by atoms with Crippen molar-refractivity contribution in [2.75, 3.05) is 0 Å². The molecule has 4 aliphatic rings. The van der Waals surface area contributed by atoms with Gasteiger partial charge in [0.05, 0.1) is 0 Å². The lowest BCUT2D eigenvalue weighted by Gasteiger charge is -2.59. The molecule has 0 amide bonds. The molecule has 0 aromatic rings. The predicted octanol–water partition coefficient (Wildman–Crippen LogP) is 5.90. The minimum atomic E-state index is -1.06. The van der Waals surface area contributed by atoms with E-state index in [9.17, 15) is 14.4 Å².